The molecule has 3 rings (SSSR count). The van der Waals surface area contributed by atoms with E-state index in [1.54, 1.807) is 6.92 Å². The van der Waals surface area contributed by atoms with Gasteiger partial charge in [-0.15, -0.1) is 0 Å². The number of carbonyl (C=O) groups is 2. The third-order valence-electron chi connectivity index (χ3n) is 3.73. The van der Waals surface area contributed by atoms with E-state index in [2.05, 4.69) is 20.6 Å². The number of hydrogen-bond donors (Lipinski definition) is 1. The molecule has 1 atom stereocenters. The molecule has 8 nitrogen and oxygen atoms in total. The van der Waals surface area contributed by atoms with Gasteiger partial charge >= 0.3 is 0 Å². The van der Waals surface area contributed by atoms with Crippen LogP contribution in [0.2, 0.25) is 0 Å². The van der Waals surface area contributed by atoms with E-state index in [0.29, 0.717) is 11.4 Å². The van der Waals surface area contributed by atoms with Gasteiger partial charge in [0.15, 0.2) is 0 Å². The third kappa shape index (κ3) is 3.70. The maximum absolute atomic E-state index is 13.0. The summed E-state index contributed by atoms with van der Waals surface area (Å²) in [5.74, 6) is -0.367. The van der Waals surface area contributed by atoms with Crippen LogP contribution in [0.5, 0.6) is 0 Å². The van der Waals surface area contributed by atoms with Gasteiger partial charge in [0.25, 0.3) is 5.91 Å². The van der Waals surface area contributed by atoms with Gasteiger partial charge in [0, 0.05) is 25.5 Å². The number of benzene rings is 1. The lowest BCUT2D eigenvalue weighted by atomic mass is 10.1. The van der Waals surface area contributed by atoms with Crippen molar-refractivity contribution in [3.8, 4) is 11.4 Å². The summed E-state index contributed by atoms with van der Waals surface area (Å²) >= 11 is 0. The molecule has 1 aromatic carbocycles. The summed E-state index contributed by atoms with van der Waals surface area (Å²) in [4.78, 5) is 27.8. The summed E-state index contributed by atoms with van der Waals surface area (Å²) in [5, 5.41) is 11.7. The Morgan fingerprint density at radius 1 is 1.32 bits per heavy atom. The van der Waals surface area contributed by atoms with Crippen molar-refractivity contribution in [2.45, 2.75) is 25.8 Å². The molecule has 2 aromatic rings. The molecule has 0 aliphatic carbocycles. The van der Waals surface area contributed by atoms with E-state index in [4.69, 9.17) is 4.52 Å². The van der Waals surface area contributed by atoms with Crippen LogP contribution in [0, 0.1) is 5.82 Å². The average molecular weight is 345 g/mol. The molecular formula is C16H16FN5O3. The Labute approximate surface area is 142 Å². The molecule has 1 N–H and O–H groups in total. The van der Waals surface area contributed by atoms with E-state index in [9.17, 15) is 14.0 Å². The second-order valence-corrected chi connectivity index (χ2v) is 5.62. The number of carbonyl (C=O) groups excluding carboxylic acids is 2. The Hall–Kier alpha value is -3.10. The Morgan fingerprint density at radius 3 is 2.72 bits per heavy atom. The van der Waals surface area contributed by atoms with E-state index in [1.165, 1.54) is 31.3 Å². The maximum Gasteiger partial charge on any atom is 0.268 e. The zero-order valence-electron chi connectivity index (χ0n) is 13.7. The molecule has 2 amide bonds. The van der Waals surface area contributed by atoms with Crippen molar-refractivity contribution in [3.05, 3.63) is 36.0 Å². The average Bonchev–Trinajstić information content (AvgIpc) is 3.08. The van der Waals surface area contributed by atoms with Gasteiger partial charge < -0.3 is 9.84 Å². The van der Waals surface area contributed by atoms with Crippen LogP contribution in [0.4, 0.5) is 4.39 Å². The molecule has 130 valence electrons. The highest BCUT2D eigenvalue weighted by molar-refractivity contribution is 6.39. The van der Waals surface area contributed by atoms with Crippen LogP contribution in [0.1, 0.15) is 31.7 Å². The smallest absolute Gasteiger partial charge is 0.268 e. The van der Waals surface area contributed by atoms with Crippen molar-refractivity contribution in [1.82, 2.24) is 20.5 Å². The molecule has 0 radical (unpaired) electrons. The molecule has 25 heavy (non-hydrogen) atoms. The van der Waals surface area contributed by atoms with Crippen LogP contribution in [-0.4, -0.2) is 39.7 Å². The zero-order valence-corrected chi connectivity index (χ0v) is 13.7. The summed E-state index contributed by atoms with van der Waals surface area (Å²) in [7, 11) is 1.51. The normalized spacial score (nSPS) is 15.7. The maximum atomic E-state index is 13.0. The summed E-state index contributed by atoms with van der Waals surface area (Å²) in [6.07, 6.45) is 0.527. The van der Waals surface area contributed by atoms with E-state index >= 15 is 0 Å². The fraction of sp³-hybridized carbons (Fsp3) is 0.312. The molecule has 1 aliphatic heterocycles. The first-order valence-corrected chi connectivity index (χ1v) is 7.68. The van der Waals surface area contributed by atoms with Gasteiger partial charge in [-0.25, -0.2) is 9.40 Å². The van der Waals surface area contributed by atoms with E-state index in [0.717, 1.165) is 5.01 Å². The van der Waals surface area contributed by atoms with Crippen LogP contribution in [0.15, 0.2) is 33.9 Å². The minimum Gasteiger partial charge on any atom is -0.339 e. The highest BCUT2D eigenvalue weighted by atomic mass is 19.1. The van der Waals surface area contributed by atoms with Gasteiger partial charge in [0.2, 0.25) is 17.6 Å². The monoisotopic (exact) mass is 345 g/mol. The highest BCUT2D eigenvalue weighted by Gasteiger charge is 2.24. The van der Waals surface area contributed by atoms with Crippen molar-refractivity contribution in [1.29, 1.82) is 0 Å². The predicted octanol–water partition coefficient (Wildman–Crippen LogP) is 1.66. The number of rotatable bonds is 4. The fourth-order valence-electron chi connectivity index (χ4n) is 2.30. The minimum atomic E-state index is -0.542. The Morgan fingerprint density at radius 2 is 2.04 bits per heavy atom. The standard InChI is InChI=1S/C16H16FN5O3/c1-9(18-15(24)12-7-8-13(23)22(2)20-12)16-19-14(21-25-16)10-3-5-11(17)6-4-10/h3-6,9H,7-8H2,1-2H3,(H,18,24). The zero-order chi connectivity index (χ0) is 18.0. The second kappa shape index (κ2) is 6.80. The molecule has 1 aliphatic rings. The predicted molar refractivity (Wildman–Crippen MR) is 85.7 cm³/mol. The van der Waals surface area contributed by atoms with Crippen molar-refractivity contribution >= 4 is 17.5 Å². The Balaban J connectivity index is 1.68. The number of nitrogens with one attached hydrogen (secondary N) is 1. The van der Waals surface area contributed by atoms with Gasteiger partial charge in [-0.1, -0.05) is 5.16 Å². The SMILES string of the molecule is CC(NC(=O)C1=NN(C)C(=O)CC1)c1nc(-c2ccc(F)cc2)no1. The van der Waals surface area contributed by atoms with Gasteiger partial charge in [-0.2, -0.15) is 10.1 Å². The number of hydrazone groups is 1. The van der Waals surface area contributed by atoms with Crippen LogP contribution in [-0.2, 0) is 9.59 Å². The molecular weight excluding hydrogens is 329 g/mol. The summed E-state index contributed by atoms with van der Waals surface area (Å²) in [5.41, 5.74) is 0.874. The van der Waals surface area contributed by atoms with Crippen LogP contribution >= 0.6 is 0 Å². The number of halogens is 1. The molecule has 1 aromatic heterocycles. The topological polar surface area (TPSA) is 101 Å². The van der Waals surface area contributed by atoms with Crippen molar-refractivity contribution in [2.75, 3.05) is 7.05 Å². The van der Waals surface area contributed by atoms with Gasteiger partial charge in [0.1, 0.15) is 17.6 Å². The van der Waals surface area contributed by atoms with Crippen molar-refractivity contribution in [2.24, 2.45) is 5.10 Å². The lowest BCUT2D eigenvalue weighted by Gasteiger charge is -2.19. The van der Waals surface area contributed by atoms with Gasteiger partial charge in [-0.3, -0.25) is 9.59 Å². The lowest BCUT2D eigenvalue weighted by molar-refractivity contribution is -0.130. The lowest BCUT2D eigenvalue weighted by Crippen LogP contribution is -2.38. The molecule has 0 spiro atoms. The summed E-state index contributed by atoms with van der Waals surface area (Å²) < 4.78 is 18.1. The molecule has 1 unspecified atom stereocenters. The first kappa shape index (κ1) is 16.7. The summed E-state index contributed by atoms with van der Waals surface area (Å²) in [6.45, 7) is 1.69. The van der Waals surface area contributed by atoms with E-state index < -0.39 is 11.9 Å². The first-order chi connectivity index (χ1) is 11.9. The molecule has 9 heteroatoms. The number of aromatic nitrogens is 2. The number of hydrogen-bond acceptors (Lipinski definition) is 6. The highest BCUT2D eigenvalue weighted by Crippen LogP contribution is 2.19. The molecule has 0 bridgehead atoms. The van der Waals surface area contributed by atoms with E-state index in [1.807, 2.05) is 0 Å². The Bertz CT molecular complexity index is 831. The quantitative estimate of drug-likeness (QED) is 0.908. The first-order valence-electron chi connectivity index (χ1n) is 7.68. The van der Waals surface area contributed by atoms with Crippen molar-refractivity contribution < 1.29 is 18.5 Å². The van der Waals surface area contributed by atoms with Crippen LogP contribution in [0.3, 0.4) is 0 Å². The fourth-order valence-corrected chi connectivity index (χ4v) is 2.30. The van der Waals surface area contributed by atoms with E-state index in [-0.39, 0.29) is 36.2 Å². The van der Waals surface area contributed by atoms with Gasteiger partial charge in [0.05, 0.1) is 0 Å². The molecule has 2 heterocycles. The second-order valence-electron chi connectivity index (χ2n) is 5.62. The molecule has 0 saturated carbocycles. The third-order valence-corrected chi connectivity index (χ3v) is 3.73. The van der Waals surface area contributed by atoms with Crippen LogP contribution < -0.4 is 5.32 Å². The molecule has 0 fully saturated rings. The number of amides is 2. The largest absolute Gasteiger partial charge is 0.339 e. The van der Waals surface area contributed by atoms with Crippen LogP contribution in [0.25, 0.3) is 11.4 Å². The minimum absolute atomic E-state index is 0.134. The van der Waals surface area contributed by atoms with Crippen molar-refractivity contribution in [3.63, 3.8) is 0 Å². The van der Waals surface area contributed by atoms with Gasteiger partial charge in [-0.05, 0) is 31.2 Å². The molecule has 0 saturated heterocycles. The number of nitrogens with zero attached hydrogens (tertiary/aromatic N) is 4. The summed E-state index contributed by atoms with van der Waals surface area (Å²) in [6, 6.07) is 5.14. The Kier molecular flexibility index (Phi) is 4.55.